The molecule has 0 saturated heterocycles. The molecule has 0 spiro atoms. The summed E-state index contributed by atoms with van der Waals surface area (Å²) in [5, 5.41) is 0.724. The number of hydrogen-bond donors (Lipinski definition) is 0. The van der Waals surface area contributed by atoms with Crippen molar-refractivity contribution in [3.63, 3.8) is 0 Å². The van der Waals surface area contributed by atoms with E-state index in [0.717, 1.165) is 21.4 Å². The maximum Gasteiger partial charge on any atom is 0.223 e. The average Bonchev–Trinajstić information content (AvgIpc) is 3.02. The molecule has 1 aromatic carbocycles. The highest BCUT2D eigenvalue weighted by atomic mass is 35.5. The lowest BCUT2D eigenvalue weighted by Gasteiger charge is -2.23. The third-order valence-corrected chi connectivity index (χ3v) is 4.59. The second-order valence-corrected chi connectivity index (χ2v) is 6.35. The molecule has 2 aromatic rings. The molecule has 112 valence electrons. The first-order valence-electron chi connectivity index (χ1n) is 6.75. The van der Waals surface area contributed by atoms with E-state index < -0.39 is 0 Å². The van der Waals surface area contributed by atoms with Crippen LogP contribution in [-0.2, 0) is 4.79 Å². The van der Waals surface area contributed by atoms with Crippen molar-refractivity contribution in [1.29, 1.82) is 0 Å². The lowest BCUT2D eigenvalue weighted by Crippen LogP contribution is -2.29. The molecule has 3 nitrogen and oxygen atoms in total. The molecule has 0 radical (unpaired) electrons. The first-order valence-corrected chi connectivity index (χ1v) is 8.11. The summed E-state index contributed by atoms with van der Waals surface area (Å²) in [5.41, 5.74) is 0. The quantitative estimate of drug-likeness (QED) is 0.726. The fourth-order valence-electron chi connectivity index (χ4n) is 1.90. The van der Waals surface area contributed by atoms with Gasteiger partial charge in [-0.2, -0.15) is 0 Å². The number of nitrogens with zero attached hydrogens (tertiary/aromatic N) is 1. The van der Waals surface area contributed by atoms with Crippen molar-refractivity contribution in [3.05, 3.63) is 53.4 Å². The van der Waals surface area contributed by atoms with Crippen molar-refractivity contribution in [2.75, 3.05) is 12.8 Å². The highest BCUT2D eigenvalue weighted by molar-refractivity contribution is 7.99. The van der Waals surface area contributed by atoms with E-state index in [1.165, 1.54) is 0 Å². The minimum absolute atomic E-state index is 0.0481. The third-order valence-electron chi connectivity index (χ3n) is 3.33. The molecule has 2 rings (SSSR count). The van der Waals surface area contributed by atoms with E-state index in [0.29, 0.717) is 6.42 Å². The van der Waals surface area contributed by atoms with Gasteiger partial charge in [-0.3, -0.25) is 4.79 Å². The summed E-state index contributed by atoms with van der Waals surface area (Å²) < 4.78 is 5.34. The molecule has 1 unspecified atom stereocenters. The van der Waals surface area contributed by atoms with Crippen molar-refractivity contribution in [1.82, 2.24) is 4.90 Å². The normalized spacial score (nSPS) is 12.1. The fourth-order valence-corrected chi connectivity index (χ4v) is 2.87. The largest absolute Gasteiger partial charge is 0.467 e. The van der Waals surface area contributed by atoms with Gasteiger partial charge in [0.1, 0.15) is 5.76 Å². The molecule has 1 amide bonds. The second-order valence-electron chi connectivity index (χ2n) is 4.75. The molecular weight excluding hydrogens is 306 g/mol. The third kappa shape index (κ3) is 4.55. The number of carbonyl (C=O) groups is 1. The van der Waals surface area contributed by atoms with Gasteiger partial charge in [0.15, 0.2) is 0 Å². The van der Waals surface area contributed by atoms with Gasteiger partial charge in [0, 0.05) is 29.1 Å². The van der Waals surface area contributed by atoms with Crippen LogP contribution in [0.2, 0.25) is 5.02 Å². The first-order chi connectivity index (χ1) is 10.1. The van der Waals surface area contributed by atoms with Gasteiger partial charge in [-0.1, -0.05) is 11.6 Å². The maximum atomic E-state index is 12.2. The number of furan rings is 1. The molecule has 1 aromatic heterocycles. The van der Waals surface area contributed by atoms with Gasteiger partial charge < -0.3 is 9.32 Å². The Morgan fingerprint density at radius 3 is 2.67 bits per heavy atom. The zero-order valence-electron chi connectivity index (χ0n) is 12.1. The molecule has 0 N–H and O–H groups in total. The van der Waals surface area contributed by atoms with Crippen LogP contribution in [0.3, 0.4) is 0 Å². The smallest absolute Gasteiger partial charge is 0.223 e. The zero-order chi connectivity index (χ0) is 15.2. The van der Waals surface area contributed by atoms with Crippen LogP contribution < -0.4 is 0 Å². The van der Waals surface area contributed by atoms with Gasteiger partial charge in [-0.05, 0) is 43.3 Å². The van der Waals surface area contributed by atoms with E-state index in [1.54, 1.807) is 22.9 Å². The molecule has 0 aliphatic heterocycles. The number of carbonyl (C=O) groups excluding carboxylic acids is 1. The van der Waals surface area contributed by atoms with Crippen LogP contribution in [0.5, 0.6) is 0 Å². The lowest BCUT2D eigenvalue weighted by atomic mass is 10.2. The van der Waals surface area contributed by atoms with Crippen LogP contribution in [0.4, 0.5) is 0 Å². The molecule has 0 aliphatic carbocycles. The van der Waals surface area contributed by atoms with Crippen molar-refractivity contribution in [2.45, 2.75) is 24.3 Å². The summed E-state index contributed by atoms with van der Waals surface area (Å²) in [6.45, 7) is 1.96. The Morgan fingerprint density at radius 2 is 2.05 bits per heavy atom. The summed E-state index contributed by atoms with van der Waals surface area (Å²) in [5.74, 6) is 1.66. The molecule has 0 aliphatic rings. The molecule has 0 saturated carbocycles. The number of hydrogen-bond acceptors (Lipinski definition) is 3. The lowest BCUT2D eigenvalue weighted by molar-refractivity contribution is -0.131. The van der Waals surface area contributed by atoms with E-state index in [1.807, 2.05) is 50.4 Å². The number of amides is 1. The van der Waals surface area contributed by atoms with Gasteiger partial charge in [0.2, 0.25) is 5.91 Å². The van der Waals surface area contributed by atoms with E-state index in [9.17, 15) is 4.79 Å². The van der Waals surface area contributed by atoms with Crippen molar-refractivity contribution in [2.24, 2.45) is 0 Å². The van der Waals surface area contributed by atoms with Gasteiger partial charge in [-0.15, -0.1) is 11.8 Å². The minimum Gasteiger partial charge on any atom is -0.467 e. The van der Waals surface area contributed by atoms with Crippen LogP contribution >= 0.6 is 23.4 Å². The van der Waals surface area contributed by atoms with Crippen LogP contribution in [0, 0.1) is 0 Å². The fraction of sp³-hybridized carbons (Fsp3) is 0.312. The van der Waals surface area contributed by atoms with E-state index in [2.05, 4.69) is 0 Å². The summed E-state index contributed by atoms with van der Waals surface area (Å²) in [7, 11) is 1.81. The van der Waals surface area contributed by atoms with E-state index in [-0.39, 0.29) is 11.9 Å². The SMILES string of the molecule is CC(c1ccco1)N(C)C(=O)CCSc1ccc(Cl)cc1. The number of benzene rings is 1. The van der Waals surface area contributed by atoms with Crippen molar-refractivity contribution >= 4 is 29.3 Å². The van der Waals surface area contributed by atoms with Crippen LogP contribution in [0.1, 0.15) is 25.1 Å². The Morgan fingerprint density at radius 1 is 1.33 bits per heavy atom. The predicted octanol–water partition coefficient (Wildman–Crippen LogP) is 4.63. The Hall–Kier alpha value is -1.39. The molecule has 1 atom stereocenters. The summed E-state index contributed by atoms with van der Waals surface area (Å²) in [6.07, 6.45) is 2.12. The van der Waals surface area contributed by atoms with Gasteiger partial charge in [-0.25, -0.2) is 0 Å². The maximum absolute atomic E-state index is 12.2. The van der Waals surface area contributed by atoms with Gasteiger partial charge in [0.25, 0.3) is 0 Å². The van der Waals surface area contributed by atoms with E-state index >= 15 is 0 Å². The Labute approximate surface area is 134 Å². The van der Waals surface area contributed by atoms with Crippen LogP contribution in [0.15, 0.2) is 52.0 Å². The average molecular weight is 324 g/mol. The van der Waals surface area contributed by atoms with Crippen molar-refractivity contribution in [3.8, 4) is 0 Å². The molecule has 0 bridgehead atoms. The molecule has 21 heavy (non-hydrogen) atoms. The highest BCUT2D eigenvalue weighted by Gasteiger charge is 2.18. The molecule has 5 heteroatoms. The Kier molecular flexibility index (Phi) is 5.76. The Bertz CT molecular complexity index is 568. The second kappa shape index (κ2) is 7.57. The number of thioether (sulfide) groups is 1. The summed E-state index contributed by atoms with van der Waals surface area (Å²) in [4.78, 5) is 15.0. The predicted molar refractivity (Wildman–Crippen MR) is 86.7 cm³/mol. The first kappa shape index (κ1) is 16.0. The number of rotatable bonds is 6. The van der Waals surface area contributed by atoms with Gasteiger partial charge >= 0.3 is 0 Å². The standard InChI is InChI=1S/C16H18ClNO2S/c1-12(15-4-3-10-20-15)18(2)16(19)9-11-21-14-7-5-13(17)6-8-14/h3-8,10,12H,9,11H2,1-2H3. The van der Waals surface area contributed by atoms with Gasteiger partial charge in [0.05, 0.1) is 12.3 Å². The molecular formula is C16H18ClNO2S. The molecule has 1 heterocycles. The molecule has 0 fully saturated rings. The topological polar surface area (TPSA) is 33.5 Å². The summed E-state index contributed by atoms with van der Waals surface area (Å²) in [6, 6.07) is 11.3. The monoisotopic (exact) mass is 323 g/mol. The van der Waals surface area contributed by atoms with E-state index in [4.69, 9.17) is 16.0 Å². The zero-order valence-corrected chi connectivity index (χ0v) is 13.7. The Balaban J connectivity index is 1.80. The van der Waals surface area contributed by atoms with Crippen LogP contribution in [-0.4, -0.2) is 23.6 Å². The highest BCUT2D eigenvalue weighted by Crippen LogP contribution is 2.23. The summed E-state index contributed by atoms with van der Waals surface area (Å²) >= 11 is 7.50. The minimum atomic E-state index is -0.0481. The number of halogens is 1. The van der Waals surface area contributed by atoms with Crippen molar-refractivity contribution < 1.29 is 9.21 Å². The van der Waals surface area contributed by atoms with Crippen LogP contribution in [0.25, 0.3) is 0 Å².